The van der Waals surface area contributed by atoms with Crippen molar-refractivity contribution in [1.29, 1.82) is 5.41 Å². The number of nitrogens with zero attached hydrogens (tertiary/aromatic N) is 2. The first-order chi connectivity index (χ1) is 14.6. The zero-order valence-electron chi connectivity index (χ0n) is 18.3. The van der Waals surface area contributed by atoms with Gasteiger partial charge in [0.05, 0.1) is 6.54 Å². The molecule has 6 heteroatoms. The largest absolute Gasteiger partial charge is 0.384 e. The minimum absolute atomic E-state index is 0.0168. The first-order valence-corrected chi connectivity index (χ1v) is 10.6. The lowest BCUT2D eigenvalue weighted by atomic mass is 9.87. The van der Waals surface area contributed by atoms with Crippen molar-refractivity contribution in [3.63, 3.8) is 0 Å². The number of carbonyl (C=O) groups excluding carboxylic acids is 1. The number of alkyl halides is 1. The maximum Gasteiger partial charge on any atom is 0.270 e. The Kier molecular flexibility index (Phi) is 5.33. The summed E-state index contributed by atoms with van der Waals surface area (Å²) in [7, 11) is 0. The van der Waals surface area contributed by atoms with Crippen molar-refractivity contribution in [3.05, 3.63) is 70.9 Å². The molecule has 1 aromatic heterocycles. The van der Waals surface area contributed by atoms with Gasteiger partial charge in [0.25, 0.3) is 5.91 Å². The third-order valence-electron chi connectivity index (χ3n) is 6.01. The third-order valence-corrected chi connectivity index (χ3v) is 6.01. The zero-order chi connectivity index (χ0) is 22.3. The van der Waals surface area contributed by atoms with Gasteiger partial charge >= 0.3 is 0 Å². The van der Waals surface area contributed by atoms with E-state index in [9.17, 15) is 9.18 Å². The number of nitrogen functional groups attached to an aromatic ring is 1. The Morgan fingerprint density at radius 1 is 1.16 bits per heavy atom. The van der Waals surface area contributed by atoms with Crippen LogP contribution in [0.25, 0.3) is 10.9 Å². The van der Waals surface area contributed by atoms with E-state index in [1.807, 2.05) is 22.8 Å². The molecule has 0 radical (unpaired) electrons. The molecular weight excluding hydrogens is 391 g/mol. The summed E-state index contributed by atoms with van der Waals surface area (Å²) < 4.78 is 15.7. The van der Waals surface area contributed by atoms with Crippen molar-refractivity contribution in [1.82, 2.24) is 9.47 Å². The average Bonchev–Trinajstić information content (AvgIpc) is 3.31. The van der Waals surface area contributed by atoms with Gasteiger partial charge in [-0.25, -0.2) is 4.39 Å². The summed E-state index contributed by atoms with van der Waals surface area (Å²) in [5.41, 5.74) is 10.1. The minimum Gasteiger partial charge on any atom is -0.384 e. The first-order valence-electron chi connectivity index (χ1n) is 10.6. The summed E-state index contributed by atoms with van der Waals surface area (Å²) in [6.45, 7) is 7.60. The van der Waals surface area contributed by atoms with E-state index in [4.69, 9.17) is 11.1 Å². The topological polar surface area (TPSA) is 75.1 Å². The number of rotatable bonds is 4. The van der Waals surface area contributed by atoms with E-state index in [0.29, 0.717) is 30.8 Å². The smallest absolute Gasteiger partial charge is 0.270 e. The van der Waals surface area contributed by atoms with E-state index < -0.39 is 6.17 Å². The van der Waals surface area contributed by atoms with Crippen molar-refractivity contribution in [2.24, 2.45) is 5.73 Å². The summed E-state index contributed by atoms with van der Waals surface area (Å²) >= 11 is 0. The zero-order valence-corrected chi connectivity index (χ0v) is 18.3. The Labute approximate surface area is 182 Å². The van der Waals surface area contributed by atoms with Crippen LogP contribution in [0.1, 0.15) is 54.4 Å². The molecule has 2 aromatic carbocycles. The Hall–Kier alpha value is -3.15. The number of halogens is 1. The van der Waals surface area contributed by atoms with Gasteiger partial charge < -0.3 is 15.2 Å². The molecule has 162 valence electrons. The fourth-order valence-electron chi connectivity index (χ4n) is 4.13. The van der Waals surface area contributed by atoms with Crippen LogP contribution < -0.4 is 5.73 Å². The second-order valence-corrected chi connectivity index (χ2v) is 9.39. The fraction of sp³-hybridized carbons (Fsp3) is 0.360. The molecule has 0 spiro atoms. The normalized spacial score (nSPS) is 16.8. The van der Waals surface area contributed by atoms with E-state index in [1.165, 1.54) is 5.56 Å². The summed E-state index contributed by atoms with van der Waals surface area (Å²) in [6.07, 6.45) is -0.578. The molecule has 0 bridgehead atoms. The third kappa shape index (κ3) is 4.20. The monoisotopic (exact) mass is 420 g/mol. The van der Waals surface area contributed by atoms with Gasteiger partial charge in [0.2, 0.25) is 0 Å². The van der Waals surface area contributed by atoms with Crippen LogP contribution in [0.5, 0.6) is 0 Å². The van der Waals surface area contributed by atoms with E-state index in [0.717, 1.165) is 16.5 Å². The molecule has 4 rings (SSSR count). The number of fused-ring (bicyclic) bond motifs is 1. The Bertz CT molecular complexity index is 1140. The lowest BCUT2D eigenvalue weighted by Crippen LogP contribution is -2.30. The van der Waals surface area contributed by atoms with E-state index in [-0.39, 0.29) is 23.7 Å². The van der Waals surface area contributed by atoms with Gasteiger partial charge in [-0.05, 0) is 35.1 Å². The molecule has 3 aromatic rings. The van der Waals surface area contributed by atoms with Crippen LogP contribution in [0.15, 0.2) is 48.5 Å². The predicted octanol–water partition coefficient (Wildman–Crippen LogP) is 4.46. The van der Waals surface area contributed by atoms with Crippen LogP contribution in [-0.4, -0.2) is 40.5 Å². The molecule has 1 atom stereocenters. The van der Waals surface area contributed by atoms with Gasteiger partial charge in [-0.1, -0.05) is 57.2 Å². The lowest BCUT2D eigenvalue weighted by Gasteiger charge is -2.20. The minimum atomic E-state index is -0.962. The van der Waals surface area contributed by atoms with Crippen molar-refractivity contribution in [3.8, 4) is 0 Å². The number of hydrogen-bond donors (Lipinski definition) is 2. The second-order valence-electron chi connectivity index (χ2n) is 9.39. The van der Waals surface area contributed by atoms with E-state index >= 15 is 0 Å². The Morgan fingerprint density at radius 2 is 1.87 bits per heavy atom. The van der Waals surface area contributed by atoms with Crippen molar-refractivity contribution >= 4 is 22.6 Å². The lowest BCUT2D eigenvalue weighted by molar-refractivity contribution is 0.0773. The van der Waals surface area contributed by atoms with Crippen LogP contribution in [-0.2, 0) is 12.0 Å². The molecule has 0 unspecified atom stereocenters. The van der Waals surface area contributed by atoms with Crippen LogP contribution in [0.2, 0.25) is 0 Å². The summed E-state index contributed by atoms with van der Waals surface area (Å²) in [4.78, 5) is 14.8. The molecule has 1 saturated heterocycles. The van der Waals surface area contributed by atoms with Gasteiger partial charge in [0, 0.05) is 29.6 Å². The van der Waals surface area contributed by atoms with Crippen LogP contribution in [0, 0.1) is 5.41 Å². The second kappa shape index (κ2) is 7.84. The standard InChI is InChI=1S/C25H29FN4O/c1-25(2,3)19-8-4-16(5-9-19)14-30-21-13-18(23(27)28)7-6-17(21)12-22(30)24(31)29-11-10-20(26)15-29/h4-9,12-13,20H,10-11,14-15H2,1-3H3,(H3,27,28)/t20-/m0/s1. The SMILES string of the molecule is CC(C)(C)c1ccc(Cn2c(C(=O)N3CC[C@H](F)C3)cc3ccc(C(=N)N)cc32)cc1. The van der Waals surface area contributed by atoms with Crippen molar-refractivity contribution in [2.75, 3.05) is 13.1 Å². The maximum absolute atomic E-state index is 13.7. The fourth-order valence-corrected chi connectivity index (χ4v) is 4.13. The molecule has 31 heavy (non-hydrogen) atoms. The van der Waals surface area contributed by atoms with E-state index in [2.05, 4.69) is 45.0 Å². The van der Waals surface area contributed by atoms with Crippen LogP contribution in [0.3, 0.4) is 0 Å². The molecule has 0 saturated carbocycles. The molecule has 2 heterocycles. The molecule has 1 amide bonds. The molecule has 1 aliphatic heterocycles. The van der Waals surface area contributed by atoms with Gasteiger partial charge in [0.1, 0.15) is 17.7 Å². The summed E-state index contributed by atoms with van der Waals surface area (Å²) in [5.74, 6) is -0.177. The Balaban J connectivity index is 1.77. The molecule has 1 fully saturated rings. The number of amides is 1. The highest BCUT2D eigenvalue weighted by atomic mass is 19.1. The van der Waals surface area contributed by atoms with Crippen LogP contribution in [0.4, 0.5) is 4.39 Å². The Morgan fingerprint density at radius 3 is 2.45 bits per heavy atom. The number of likely N-dealkylation sites (tertiary alicyclic amines) is 1. The number of aromatic nitrogens is 1. The summed E-state index contributed by atoms with van der Waals surface area (Å²) in [5, 5.41) is 8.68. The molecular formula is C25H29FN4O. The first kappa shape index (κ1) is 21.1. The van der Waals surface area contributed by atoms with Crippen molar-refractivity contribution < 1.29 is 9.18 Å². The highest BCUT2D eigenvalue weighted by molar-refractivity contribution is 6.02. The number of hydrogen-bond acceptors (Lipinski definition) is 2. The number of amidine groups is 1. The number of nitrogens with one attached hydrogen (secondary N) is 1. The van der Waals surface area contributed by atoms with Gasteiger partial charge in [0.15, 0.2) is 0 Å². The number of benzene rings is 2. The highest BCUT2D eigenvalue weighted by Gasteiger charge is 2.29. The number of carbonyl (C=O) groups is 1. The molecule has 5 nitrogen and oxygen atoms in total. The predicted molar refractivity (Wildman–Crippen MR) is 123 cm³/mol. The van der Waals surface area contributed by atoms with Gasteiger partial charge in [-0.3, -0.25) is 10.2 Å². The summed E-state index contributed by atoms with van der Waals surface area (Å²) in [6, 6.07) is 15.8. The molecule has 3 N–H and O–H groups in total. The molecule has 0 aliphatic carbocycles. The van der Waals surface area contributed by atoms with Gasteiger partial charge in [-0.2, -0.15) is 0 Å². The van der Waals surface area contributed by atoms with Crippen molar-refractivity contribution in [2.45, 2.75) is 45.3 Å². The highest BCUT2D eigenvalue weighted by Crippen LogP contribution is 2.27. The van der Waals surface area contributed by atoms with Gasteiger partial charge in [-0.15, -0.1) is 0 Å². The van der Waals surface area contributed by atoms with Crippen LogP contribution >= 0.6 is 0 Å². The average molecular weight is 421 g/mol. The number of nitrogens with two attached hydrogens (primary N) is 1. The maximum atomic E-state index is 13.7. The van der Waals surface area contributed by atoms with E-state index in [1.54, 1.807) is 11.0 Å². The quantitative estimate of drug-likeness (QED) is 0.483. The molecule has 1 aliphatic rings.